The molecule has 0 aliphatic rings. The normalized spacial score (nSPS) is 10.3. The molecule has 2 aromatic rings. The van der Waals surface area contributed by atoms with E-state index in [1.807, 2.05) is 36.4 Å². The van der Waals surface area contributed by atoms with E-state index in [4.69, 9.17) is 0 Å². The van der Waals surface area contributed by atoms with Gasteiger partial charge in [-0.25, -0.2) is 0 Å². The van der Waals surface area contributed by atoms with Crippen molar-refractivity contribution in [3.63, 3.8) is 0 Å². The fraction of sp³-hybridized carbons (Fsp3) is 0.200. The summed E-state index contributed by atoms with van der Waals surface area (Å²) in [5.41, 5.74) is 2.26. The first kappa shape index (κ1) is 13.2. The number of aryl methyl sites for hydroxylation is 1. The summed E-state index contributed by atoms with van der Waals surface area (Å²) < 4.78 is 1.19. The predicted octanol–water partition coefficient (Wildman–Crippen LogP) is 3.43. The zero-order valence-corrected chi connectivity index (χ0v) is 12.1. The Bertz CT molecular complexity index is 508. The van der Waals surface area contributed by atoms with E-state index in [0.717, 1.165) is 12.0 Å². The number of carbonyl (C=O) groups excluding carboxylic acids is 1. The van der Waals surface area contributed by atoms with Crippen LogP contribution in [0, 0.1) is 3.57 Å². The standard InChI is InChI=1S/C15H14INO/c16-14-4-1-13(2-5-14)11-15(18)6-3-12-7-9-17-10-8-12/h1-2,4-5,7-10H,3,6,11H2. The van der Waals surface area contributed by atoms with E-state index >= 15 is 0 Å². The van der Waals surface area contributed by atoms with E-state index in [-0.39, 0.29) is 5.78 Å². The van der Waals surface area contributed by atoms with Gasteiger partial charge >= 0.3 is 0 Å². The Labute approximate surface area is 121 Å². The highest BCUT2D eigenvalue weighted by molar-refractivity contribution is 14.1. The summed E-state index contributed by atoms with van der Waals surface area (Å²) in [5, 5.41) is 0. The molecule has 0 aliphatic heterocycles. The number of nitrogens with zero attached hydrogens (tertiary/aromatic N) is 1. The molecule has 0 N–H and O–H groups in total. The third-order valence-electron chi connectivity index (χ3n) is 2.76. The number of benzene rings is 1. The zero-order chi connectivity index (χ0) is 12.8. The smallest absolute Gasteiger partial charge is 0.137 e. The number of pyridine rings is 1. The van der Waals surface area contributed by atoms with Crippen molar-refractivity contribution < 1.29 is 4.79 Å². The number of Topliss-reactive ketones (excluding diaryl/α,β-unsaturated/α-hetero) is 1. The molecule has 0 aliphatic carbocycles. The van der Waals surface area contributed by atoms with Crippen molar-refractivity contribution in [2.24, 2.45) is 0 Å². The molecule has 0 unspecified atom stereocenters. The molecule has 2 nitrogen and oxygen atoms in total. The Morgan fingerprint density at radius 3 is 2.33 bits per heavy atom. The van der Waals surface area contributed by atoms with Crippen LogP contribution in [0.25, 0.3) is 0 Å². The number of halogens is 1. The molecule has 0 spiro atoms. The Kier molecular flexibility index (Phi) is 4.87. The van der Waals surface area contributed by atoms with Gasteiger partial charge in [0.25, 0.3) is 0 Å². The first-order chi connectivity index (χ1) is 8.74. The molecule has 0 bridgehead atoms. The summed E-state index contributed by atoms with van der Waals surface area (Å²) in [4.78, 5) is 15.8. The average Bonchev–Trinajstić information content (AvgIpc) is 2.40. The lowest BCUT2D eigenvalue weighted by Crippen LogP contribution is -2.04. The molecule has 1 aromatic carbocycles. The molecular weight excluding hydrogens is 337 g/mol. The van der Waals surface area contributed by atoms with Gasteiger partial charge in [0.2, 0.25) is 0 Å². The zero-order valence-electron chi connectivity index (χ0n) is 9.97. The van der Waals surface area contributed by atoms with Crippen LogP contribution in [0.1, 0.15) is 17.5 Å². The molecule has 0 radical (unpaired) electrons. The maximum Gasteiger partial charge on any atom is 0.137 e. The van der Waals surface area contributed by atoms with Crippen LogP contribution in [-0.2, 0) is 17.6 Å². The van der Waals surface area contributed by atoms with Crippen molar-refractivity contribution in [1.82, 2.24) is 4.98 Å². The highest BCUT2D eigenvalue weighted by Gasteiger charge is 2.04. The van der Waals surface area contributed by atoms with E-state index in [2.05, 4.69) is 27.6 Å². The third-order valence-corrected chi connectivity index (χ3v) is 3.48. The van der Waals surface area contributed by atoms with E-state index in [1.165, 1.54) is 9.13 Å². The first-order valence-electron chi connectivity index (χ1n) is 5.89. The maximum atomic E-state index is 11.9. The van der Waals surface area contributed by atoms with E-state index in [1.54, 1.807) is 12.4 Å². The summed E-state index contributed by atoms with van der Waals surface area (Å²) in [6.07, 6.45) is 5.45. The number of rotatable bonds is 5. The average molecular weight is 351 g/mol. The van der Waals surface area contributed by atoms with E-state index in [9.17, 15) is 4.79 Å². The monoisotopic (exact) mass is 351 g/mol. The number of ketones is 1. The van der Waals surface area contributed by atoms with Crippen LogP contribution in [0.15, 0.2) is 48.8 Å². The van der Waals surface area contributed by atoms with Crippen molar-refractivity contribution in [3.8, 4) is 0 Å². The Morgan fingerprint density at radius 2 is 1.67 bits per heavy atom. The molecular formula is C15H14INO. The SMILES string of the molecule is O=C(CCc1ccncc1)Cc1ccc(I)cc1. The van der Waals surface area contributed by atoms with Gasteiger partial charge in [-0.3, -0.25) is 9.78 Å². The minimum atomic E-state index is 0.285. The fourth-order valence-electron chi connectivity index (χ4n) is 1.75. The Morgan fingerprint density at radius 1 is 1.00 bits per heavy atom. The summed E-state index contributed by atoms with van der Waals surface area (Å²) in [6.45, 7) is 0. The summed E-state index contributed by atoms with van der Waals surface area (Å²) >= 11 is 2.26. The summed E-state index contributed by atoms with van der Waals surface area (Å²) in [5.74, 6) is 0.285. The lowest BCUT2D eigenvalue weighted by atomic mass is 10.0. The van der Waals surface area contributed by atoms with Crippen molar-refractivity contribution in [2.45, 2.75) is 19.3 Å². The Balaban J connectivity index is 1.84. The van der Waals surface area contributed by atoms with Crippen LogP contribution in [0.3, 0.4) is 0 Å². The van der Waals surface area contributed by atoms with Gasteiger partial charge in [0.1, 0.15) is 5.78 Å². The molecule has 18 heavy (non-hydrogen) atoms. The molecule has 2 rings (SSSR count). The lowest BCUT2D eigenvalue weighted by Gasteiger charge is -2.02. The largest absolute Gasteiger partial charge is 0.299 e. The van der Waals surface area contributed by atoms with Crippen LogP contribution >= 0.6 is 22.6 Å². The van der Waals surface area contributed by atoms with Gasteiger partial charge in [-0.15, -0.1) is 0 Å². The Hall–Kier alpha value is -1.23. The van der Waals surface area contributed by atoms with Crippen LogP contribution in [-0.4, -0.2) is 10.8 Å². The minimum absolute atomic E-state index is 0.285. The molecule has 1 aromatic heterocycles. The fourth-order valence-corrected chi connectivity index (χ4v) is 2.11. The summed E-state index contributed by atoms with van der Waals surface area (Å²) in [6, 6.07) is 12.0. The van der Waals surface area contributed by atoms with Gasteiger partial charge in [-0.2, -0.15) is 0 Å². The maximum absolute atomic E-state index is 11.9. The topological polar surface area (TPSA) is 30.0 Å². The third kappa shape index (κ3) is 4.22. The van der Waals surface area contributed by atoms with Gasteiger partial charge < -0.3 is 0 Å². The van der Waals surface area contributed by atoms with Crippen LogP contribution in [0.2, 0.25) is 0 Å². The number of hydrogen-bond donors (Lipinski definition) is 0. The minimum Gasteiger partial charge on any atom is -0.299 e. The molecule has 0 saturated heterocycles. The van der Waals surface area contributed by atoms with Crippen molar-refractivity contribution in [2.75, 3.05) is 0 Å². The van der Waals surface area contributed by atoms with Gasteiger partial charge in [-0.05, 0) is 64.4 Å². The molecule has 0 atom stereocenters. The predicted molar refractivity (Wildman–Crippen MR) is 80.4 cm³/mol. The second-order valence-electron chi connectivity index (χ2n) is 4.20. The highest BCUT2D eigenvalue weighted by Crippen LogP contribution is 2.09. The molecule has 1 heterocycles. The van der Waals surface area contributed by atoms with E-state index in [0.29, 0.717) is 12.8 Å². The number of aromatic nitrogens is 1. The highest BCUT2D eigenvalue weighted by atomic mass is 127. The summed E-state index contributed by atoms with van der Waals surface area (Å²) in [7, 11) is 0. The molecule has 0 amide bonds. The van der Waals surface area contributed by atoms with Gasteiger partial charge in [0, 0.05) is 28.8 Å². The van der Waals surface area contributed by atoms with Gasteiger partial charge in [-0.1, -0.05) is 12.1 Å². The van der Waals surface area contributed by atoms with Gasteiger partial charge in [0.15, 0.2) is 0 Å². The molecule has 0 fully saturated rings. The van der Waals surface area contributed by atoms with Crippen molar-refractivity contribution in [3.05, 3.63) is 63.5 Å². The number of carbonyl (C=O) groups is 1. The number of hydrogen-bond acceptors (Lipinski definition) is 2. The lowest BCUT2D eigenvalue weighted by molar-refractivity contribution is -0.118. The quantitative estimate of drug-likeness (QED) is 0.773. The van der Waals surface area contributed by atoms with Crippen molar-refractivity contribution in [1.29, 1.82) is 0 Å². The van der Waals surface area contributed by atoms with E-state index < -0.39 is 0 Å². The first-order valence-corrected chi connectivity index (χ1v) is 6.97. The second kappa shape index (κ2) is 6.64. The van der Waals surface area contributed by atoms with Crippen LogP contribution in [0.4, 0.5) is 0 Å². The van der Waals surface area contributed by atoms with Gasteiger partial charge in [0.05, 0.1) is 0 Å². The molecule has 3 heteroatoms. The van der Waals surface area contributed by atoms with Crippen LogP contribution in [0.5, 0.6) is 0 Å². The molecule has 92 valence electrons. The molecule has 0 saturated carbocycles. The van der Waals surface area contributed by atoms with Crippen LogP contribution < -0.4 is 0 Å². The second-order valence-corrected chi connectivity index (χ2v) is 5.44. The van der Waals surface area contributed by atoms with Crippen molar-refractivity contribution >= 4 is 28.4 Å².